The molecule has 5 heterocycles. The van der Waals surface area contributed by atoms with Gasteiger partial charge in [-0.2, -0.15) is 4.98 Å². The second-order valence-corrected chi connectivity index (χ2v) is 7.63. The van der Waals surface area contributed by atoms with Gasteiger partial charge < -0.3 is 15.0 Å². The minimum atomic E-state index is -0.418. The van der Waals surface area contributed by atoms with Crippen molar-refractivity contribution >= 4 is 33.3 Å². The second-order valence-electron chi connectivity index (χ2n) is 7.63. The van der Waals surface area contributed by atoms with Crippen LogP contribution in [0.5, 0.6) is 5.75 Å². The molecule has 0 bridgehead atoms. The van der Waals surface area contributed by atoms with Gasteiger partial charge in [-0.1, -0.05) is 18.2 Å². The topological polar surface area (TPSA) is 84.3 Å². The van der Waals surface area contributed by atoms with Crippen molar-refractivity contribution in [1.29, 1.82) is 0 Å². The Hall–Kier alpha value is -4.20. The lowest BCUT2D eigenvalue weighted by molar-refractivity contribution is 0.356. The van der Waals surface area contributed by atoms with E-state index >= 15 is 0 Å². The molecule has 0 amide bonds. The molecule has 0 saturated heterocycles. The van der Waals surface area contributed by atoms with E-state index in [-0.39, 0.29) is 17.9 Å². The number of fused-ring (bicyclic) bond motifs is 3. The van der Waals surface area contributed by atoms with E-state index in [0.29, 0.717) is 35.6 Å². The van der Waals surface area contributed by atoms with E-state index in [1.807, 2.05) is 40.8 Å². The van der Waals surface area contributed by atoms with Crippen molar-refractivity contribution in [2.75, 3.05) is 11.9 Å². The van der Waals surface area contributed by atoms with Gasteiger partial charge in [-0.05, 0) is 30.3 Å². The number of H-pyrrole nitrogens is 1. The van der Waals surface area contributed by atoms with Crippen molar-refractivity contribution in [1.82, 2.24) is 19.4 Å². The van der Waals surface area contributed by atoms with E-state index in [9.17, 15) is 9.18 Å². The average molecular weight is 427 g/mol. The van der Waals surface area contributed by atoms with E-state index in [1.165, 1.54) is 6.07 Å². The summed E-state index contributed by atoms with van der Waals surface area (Å²) in [6, 6.07) is 14.5. The normalized spacial score (nSPS) is 12.8. The van der Waals surface area contributed by atoms with Crippen LogP contribution in [0, 0.1) is 5.82 Å². The van der Waals surface area contributed by atoms with Gasteiger partial charge >= 0.3 is 0 Å². The maximum atomic E-state index is 14.6. The third-order valence-corrected chi connectivity index (χ3v) is 5.84. The number of rotatable bonds is 3. The Balaban J connectivity index is 1.57. The number of pyridine rings is 1. The fraction of sp³-hybridized carbons (Fsp3) is 0.125. The maximum absolute atomic E-state index is 14.6. The molecule has 0 aliphatic carbocycles. The summed E-state index contributed by atoms with van der Waals surface area (Å²) >= 11 is 0. The molecule has 0 radical (unpaired) electrons. The first-order valence-electron chi connectivity index (χ1n) is 10.3. The molecule has 32 heavy (non-hydrogen) atoms. The summed E-state index contributed by atoms with van der Waals surface area (Å²) in [4.78, 5) is 24.4. The van der Waals surface area contributed by atoms with Gasteiger partial charge in [0, 0.05) is 41.1 Å². The summed E-state index contributed by atoms with van der Waals surface area (Å²) in [5, 5.41) is 4.96. The average Bonchev–Trinajstić information content (AvgIpc) is 3.41. The summed E-state index contributed by atoms with van der Waals surface area (Å²) < 4.78 is 22.0. The van der Waals surface area contributed by atoms with Crippen LogP contribution in [0.2, 0.25) is 0 Å². The molecule has 4 aromatic heterocycles. The summed E-state index contributed by atoms with van der Waals surface area (Å²) in [7, 11) is 0. The van der Waals surface area contributed by atoms with Crippen molar-refractivity contribution in [2.45, 2.75) is 13.0 Å². The van der Waals surface area contributed by atoms with E-state index in [0.717, 1.165) is 22.1 Å². The molecular weight excluding hydrogens is 409 g/mol. The Morgan fingerprint density at radius 3 is 2.94 bits per heavy atom. The van der Waals surface area contributed by atoms with Gasteiger partial charge in [0.2, 0.25) is 0 Å². The summed E-state index contributed by atoms with van der Waals surface area (Å²) in [6.45, 7) is 0.829. The Labute approximate surface area is 181 Å². The number of hydrogen-bond acceptors (Lipinski definition) is 5. The van der Waals surface area contributed by atoms with Crippen molar-refractivity contribution < 1.29 is 9.13 Å². The van der Waals surface area contributed by atoms with E-state index in [4.69, 9.17) is 4.74 Å². The molecule has 1 aliphatic heterocycles. The van der Waals surface area contributed by atoms with Gasteiger partial charge in [-0.25, -0.2) is 9.37 Å². The molecule has 7 nitrogen and oxygen atoms in total. The number of halogens is 1. The van der Waals surface area contributed by atoms with Crippen LogP contribution in [0.15, 0.2) is 65.8 Å². The predicted octanol–water partition coefficient (Wildman–Crippen LogP) is 3.97. The molecule has 158 valence electrons. The van der Waals surface area contributed by atoms with Crippen LogP contribution >= 0.6 is 0 Å². The lowest BCUT2D eigenvalue weighted by atomic mass is 10.0. The van der Waals surface area contributed by atoms with Crippen LogP contribution in [0.25, 0.3) is 27.5 Å². The molecule has 2 N–H and O–H groups in total. The number of aromatic nitrogens is 4. The van der Waals surface area contributed by atoms with Gasteiger partial charge in [-0.3, -0.25) is 9.20 Å². The smallest absolute Gasteiger partial charge is 0.299 e. The van der Waals surface area contributed by atoms with Crippen molar-refractivity contribution in [2.24, 2.45) is 0 Å². The number of imidazole rings is 1. The molecule has 5 aromatic rings. The van der Waals surface area contributed by atoms with Crippen LogP contribution in [0.1, 0.15) is 11.1 Å². The minimum Gasteiger partial charge on any atom is -0.493 e. The first-order valence-corrected chi connectivity index (χ1v) is 10.3. The van der Waals surface area contributed by atoms with Crippen LogP contribution in [-0.4, -0.2) is 26.0 Å². The number of hydrogen-bond donors (Lipinski definition) is 2. The van der Waals surface area contributed by atoms with Crippen LogP contribution in [0.4, 0.5) is 10.2 Å². The highest BCUT2D eigenvalue weighted by atomic mass is 19.1. The van der Waals surface area contributed by atoms with Crippen LogP contribution < -0.4 is 15.6 Å². The lowest BCUT2D eigenvalue weighted by Gasteiger charge is -2.12. The zero-order chi connectivity index (χ0) is 21.7. The zero-order valence-electron chi connectivity index (χ0n) is 16.9. The SMILES string of the molecule is O=c1nc2[nH]cccc2c2ccccc(NCc3c(F)ccc4c3CCO4)n3cnc1c23. The molecule has 0 saturated carbocycles. The van der Waals surface area contributed by atoms with E-state index in [1.54, 1.807) is 18.6 Å². The van der Waals surface area contributed by atoms with Crippen LogP contribution in [0.3, 0.4) is 0 Å². The number of aromatic amines is 1. The number of nitrogens with zero attached hydrogens (tertiary/aromatic N) is 3. The van der Waals surface area contributed by atoms with E-state index in [2.05, 4.69) is 20.3 Å². The van der Waals surface area contributed by atoms with E-state index < -0.39 is 5.56 Å². The number of ether oxygens (including phenoxy) is 1. The Morgan fingerprint density at radius 2 is 2.00 bits per heavy atom. The third kappa shape index (κ3) is 2.84. The first kappa shape index (κ1) is 18.6. The van der Waals surface area contributed by atoms with Crippen molar-refractivity contribution in [3.63, 3.8) is 0 Å². The molecule has 0 spiro atoms. The van der Waals surface area contributed by atoms with Gasteiger partial charge in [0.1, 0.15) is 29.4 Å². The first-order chi connectivity index (χ1) is 15.7. The fourth-order valence-electron chi connectivity index (χ4n) is 4.34. The van der Waals surface area contributed by atoms with Crippen molar-refractivity contribution in [3.05, 3.63) is 88.4 Å². The van der Waals surface area contributed by atoms with Gasteiger partial charge in [0.25, 0.3) is 5.56 Å². The Bertz CT molecular complexity index is 1610. The molecule has 1 aromatic carbocycles. The number of anilines is 1. The number of nitrogens with one attached hydrogen (secondary N) is 2. The fourth-order valence-corrected chi connectivity index (χ4v) is 4.34. The van der Waals surface area contributed by atoms with Gasteiger partial charge in [-0.15, -0.1) is 0 Å². The summed E-state index contributed by atoms with van der Waals surface area (Å²) in [5.74, 6) is 1.14. The van der Waals surface area contributed by atoms with Gasteiger partial charge in [0.15, 0.2) is 5.52 Å². The highest BCUT2D eigenvalue weighted by Crippen LogP contribution is 2.31. The molecule has 6 rings (SSSR count). The molecular formula is C24H18FN5O2. The minimum absolute atomic E-state index is 0.268. The molecule has 0 atom stereocenters. The predicted molar refractivity (Wildman–Crippen MR) is 120 cm³/mol. The lowest BCUT2D eigenvalue weighted by Crippen LogP contribution is -2.07. The highest BCUT2D eigenvalue weighted by molar-refractivity contribution is 6.07. The Morgan fingerprint density at radius 1 is 1.12 bits per heavy atom. The van der Waals surface area contributed by atoms with Crippen LogP contribution in [-0.2, 0) is 13.0 Å². The van der Waals surface area contributed by atoms with Gasteiger partial charge in [0.05, 0.1) is 12.1 Å². The molecule has 1 aliphatic rings. The molecule has 0 unspecified atom stereocenters. The standard InChI is InChI=1S/C24H18FN5O2/c25-18-7-8-19-14(9-11-32-19)17(18)12-27-20-6-2-1-4-15-16-5-3-10-26-23(16)29-24(31)21-22(15)30(20)13-28-21/h1-8,10,13,27H,9,11-12H2,(H,26,29,31). The maximum Gasteiger partial charge on any atom is 0.299 e. The number of benzene rings is 1. The third-order valence-electron chi connectivity index (χ3n) is 5.84. The second kappa shape index (κ2) is 7.19. The quantitative estimate of drug-likeness (QED) is 0.455. The monoisotopic (exact) mass is 427 g/mol. The van der Waals surface area contributed by atoms with Crippen molar-refractivity contribution in [3.8, 4) is 5.75 Å². The zero-order valence-corrected chi connectivity index (χ0v) is 16.9. The molecule has 0 fully saturated rings. The summed E-state index contributed by atoms with van der Waals surface area (Å²) in [6.07, 6.45) is 4.01. The Kier molecular flexibility index (Phi) is 4.17. The highest BCUT2D eigenvalue weighted by Gasteiger charge is 2.19. The molecule has 8 heteroatoms. The summed E-state index contributed by atoms with van der Waals surface area (Å²) in [5.41, 5.74) is 2.45. The largest absolute Gasteiger partial charge is 0.493 e.